The Morgan fingerprint density at radius 1 is 1.38 bits per heavy atom. The Bertz CT molecular complexity index is 363. The molecule has 1 aliphatic rings. The van der Waals surface area contributed by atoms with Gasteiger partial charge in [-0.3, -0.25) is 4.99 Å². The standard InChI is InChI=1S/C9H8ClNO2/c1-11-4-6-2-8-9(3-7(6)10)13-5-12-8/h2-4H,5H2,1H3. The largest absolute Gasteiger partial charge is 0.454 e. The van der Waals surface area contributed by atoms with Crippen molar-refractivity contribution in [2.45, 2.75) is 0 Å². The SMILES string of the molecule is CN=Cc1cc2c(cc1Cl)OCO2. The summed E-state index contributed by atoms with van der Waals surface area (Å²) in [6.07, 6.45) is 1.68. The molecule has 0 aliphatic carbocycles. The van der Waals surface area contributed by atoms with Crippen LogP contribution < -0.4 is 9.47 Å². The van der Waals surface area contributed by atoms with Gasteiger partial charge in [-0.2, -0.15) is 0 Å². The molecular formula is C9H8ClNO2. The molecule has 1 aliphatic heterocycles. The van der Waals surface area contributed by atoms with Crippen molar-refractivity contribution in [3.05, 3.63) is 22.7 Å². The molecule has 0 atom stereocenters. The van der Waals surface area contributed by atoms with Crippen molar-refractivity contribution in [2.24, 2.45) is 4.99 Å². The third-order valence-corrected chi connectivity index (χ3v) is 2.09. The quantitative estimate of drug-likeness (QED) is 0.646. The van der Waals surface area contributed by atoms with Gasteiger partial charge in [0.15, 0.2) is 11.5 Å². The van der Waals surface area contributed by atoms with E-state index in [4.69, 9.17) is 21.1 Å². The van der Waals surface area contributed by atoms with Crippen LogP contribution in [0.4, 0.5) is 0 Å². The molecule has 0 fully saturated rings. The Balaban J connectivity index is 2.49. The molecule has 0 unspecified atom stereocenters. The summed E-state index contributed by atoms with van der Waals surface area (Å²) in [7, 11) is 1.70. The lowest BCUT2D eigenvalue weighted by molar-refractivity contribution is 0.174. The fourth-order valence-electron chi connectivity index (χ4n) is 1.17. The molecule has 13 heavy (non-hydrogen) atoms. The Morgan fingerprint density at radius 2 is 2.08 bits per heavy atom. The van der Waals surface area contributed by atoms with Crippen LogP contribution in [0.25, 0.3) is 0 Å². The van der Waals surface area contributed by atoms with Gasteiger partial charge in [-0.1, -0.05) is 11.6 Å². The van der Waals surface area contributed by atoms with Crippen LogP contribution in [-0.4, -0.2) is 20.1 Å². The first-order valence-electron chi connectivity index (χ1n) is 3.82. The first-order valence-corrected chi connectivity index (χ1v) is 4.20. The van der Waals surface area contributed by atoms with E-state index in [1.54, 1.807) is 19.3 Å². The molecule has 0 saturated heterocycles. The number of hydrogen-bond acceptors (Lipinski definition) is 3. The highest BCUT2D eigenvalue weighted by atomic mass is 35.5. The van der Waals surface area contributed by atoms with Crippen LogP contribution in [0.1, 0.15) is 5.56 Å². The summed E-state index contributed by atoms with van der Waals surface area (Å²) in [5.41, 5.74) is 0.841. The number of benzene rings is 1. The molecule has 0 amide bonds. The van der Waals surface area contributed by atoms with Gasteiger partial charge in [-0.15, -0.1) is 0 Å². The maximum atomic E-state index is 5.96. The zero-order chi connectivity index (χ0) is 9.26. The van der Waals surface area contributed by atoms with E-state index in [1.807, 2.05) is 6.07 Å². The predicted octanol–water partition coefficient (Wildman–Crippen LogP) is 2.12. The molecule has 1 heterocycles. The Labute approximate surface area is 80.9 Å². The van der Waals surface area contributed by atoms with Crippen LogP contribution >= 0.6 is 11.6 Å². The lowest BCUT2D eigenvalue weighted by Crippen LogP contribution is -1.92. The summed E-state index contributed by atoms with van der Waals surface area (Å²) in [5, 5.41) is 0.620. The zero-order valence-corrected chi connectivity index (χ0v) is 7.84. The van der Waals surface area contributed by atoms with Crippen LogP contribution in [0.15, 0.2) is 17.1 Å². The molecule has 4 heteroatoms. The van der Waals surface area contributed by atoms with Gasteiger partial charge >= 0.3 is 0 Å². The summed E-state index contributed by atoms with van der Waals surface area (Å²) < 4.78 is 10.4. The lowest BCUT2D eigenvalue weighted by atomic mass is 10.2. The van der Waals surface area contributed by atoms with Gasteiger partial charge < -0.3 is 9.47 Å². The maximum Gasteiger partial charge on any atom is 0.231 e. The van der Waals surface area contributed by atoms with Gasteiger partial charge in [-0.05, 0) is 6.07 Å². The van der Waals surface area contributed by atoms with Gasteiger partial charge in [0.25, 0.3) is 0 Å². The average Bonchev–Trinajstić information content (AvgIpc) is 2.52. The van der Waals surface area contributed by atoms with E-state index in [2.05, 4.69) is 4.99 Å². The summed E-state index contributed by atoms with van der Waals surface area (Å²) >= 11 is 5.96. The number of nitrogens with zero attached hydrogens (tertiary/aromatic N) is 1. The van der Waals surface area contributed by atoms with Gasteiger partial charge in [0.2, 0.25) is 6.79 Å². The topological polar surface area (TPSA) is 30.8 Å². The number of hydrogen-bond donors (Lipinski definition) is 0. The minimum absolute atomic E-state index is 0.262. The molecule has 3 nitrogen and oxygen atoms in total. The minimum atomic E-state index is 0.262. The Kier molecular flexibility index (Phi) is 2.10. The van der Waals surface area contributed by atoms with Crippen molar-refractivity contribution in [3.63, 3.8) is 0 Å². The number of halogens is 1. The first kappa shape index (κ1) is 8.38. The van der Waals surface area contributed by atoms with Crippen LogP contribution in [0.5, 0.6) is 11.5 Å². The highest BCUT2D eigenvalue weighted by molar-refractivity contribution is 6.33. The van der Waals surface area contributed by atoms with E-state index in [1.165, 1.54) is 0 Å². The van der Waals surface area contributed by atoms with Crippen molar-refractivity contribution < 1.29 is 9.47 Å². The van der Waals surface area contributed by atoms with Gasteiger partial charge in [-0.25, -0.2) is 0 Å². The van der Waals surface area contributed by atoms with Crippen molar-refractivity contribution in [1.82, 2.24) is 0 Å². The molecule has 0 aromatic heterocycles. The van der Waals surface area contributed by atoms with E-state index in [0.717, 1.165) is 11.3 Å². The van der Waals surface area contributed by atoms with Crippen molar-refractivity contribution in [3.8, 4) is 11.5 Å². The second-order valence-electron chi connectivity index (χ2n) is 2.61. The van der Waals surface area contributed by atoms with E-state index in [9.17, 15) is 0 Å². The van der Waals surface area contributed by atoms with E-state index in [-0.39, 0.29) is 6.79 Å². The predicted molar refractivity (Wildman–Crippen MR) is 51.1 cm³/mol. The van der Waals surface area contributed by atoms with E-state index >= 15 is 0 Å². The first-order chi connectivity index (χ1) is 6.31. The number of ether oxygens (including phenoxy) is 2. The zero-order valence-electron chi connectivity index (χ0n) is 7.08. The molecule has 68 valence electrons. The molecular weight excluding hydrogens is 190 g/mol. The van der Waals surface area contributed by atoms with Gasteiger partial charge in [0.1, 0.15) is 0 Å². The lowest BCUT2D eigenvalue weighted by Gasteiger charge is -2.00. The number of rotatable bonds is 1. The highest BCUT2D eigenvalue weighted by Crippen LogP contribution is 2.36. The van der Waals surface area contributed by atoms with Crippen LogP contribution in [0.3, 0.4) is 0 Å². The maximum absolute atomic E-state index is 5.96. The van der Waals surface area contributed by atoms with Crippen molar-refractivity contribution in [1.29, 1.82) is 0 Å². The van der Waals surface area contributed by atoms with Crippen LogP contribution in [0.2, 0.25) is 5.02 Å². The molecule has 1 aromatic rings. The molecule has 1 aromatic carbocycles. The van der Waals surface area contributed by atoms with E-state index < -0.39 is 0 Å². The second-order valence-corrected chi connectivity index (χ2v) is 3.02. The van der Waals surface area contributed by atoms with Gasteiger partial charge in [0, 0.05) is 24.9 Å². The molecule has 0 N–H and O–H groups in total. The summed E-state index contributed by atoms with van der Waals surface area (Å²) in [5.74, 6) is 1.41. The Morgan fingerprint density at radius 3 is 2.77 bits per heavy atom. The van der Waals surface area contributed by atoms with Crippen LogP contribution in [0, 0.1) is 0 Å². The highest BCUT2D eigenvalue weighted by Gasteiger charge is 2.15. The molecule has 0 saturated carbocycles. The minimum Gasteiger partial charge on any atom is -0.454 e. The summed E-state index contributed by atoms with van der Waals surface area (Å²) in [6, 6.07) is 3.55. The van der Waals surface area contributed by atoms with Crippen molar-refractivity contribution in [2.75, 3.05) is 13.8 Å². The fourth-order valence-corrected chi connectivity index (χ4v) is 1.37. The van der Waals surface area contributed by atoms with Crippen molar-refractivity contribution >= 4 is 17.8 Å². The molecule has 0 spiro atoms. The molecule has 2 rings (SSSR count). The van der Waals surface area contributed by atoms with Crippen LogP contribution in [-0.2, 0) is 0 Å². The smallest absolute Gasteiger partial charge is 0.231 e. The third kappa shape index (κ3) is 1.47. The molecule has 0 bridgehead atoms. The third-order valence-electron chi connectivity index (χ3n) is 1.76. The summed E-state index contributed by atoms with van der Waals surface area (Å²) in [4.78, 5) is 3.89. The Hall–Kier alpha value is -1.22. The fraction of sp³-hybridized carbons (Fsp3) is 0.222. The van der Waals surface area contributed by atoms with E-state index in [0.29, 0.717) is 10.8 Å². The number of aliphatic imine (C=N–C) groups is 1. The normalized spacial score (nSPS) is 14.0. The number of fused-ring (bicyclic) bond motifs is 1. The second kappa shape index (κ2) is 3.26. The monoisotopic (exact) mass is 197 g/mol. The molecule has 0 radical (unpaired) electrons. The van der Waals surface area contributed by atoms with Gasteiger partial charge in [0.05, 0.1) is 5.02 Å². The summed E-state index contributed by atoms with van der Waals surface area (Å²) in [6.45, 7) is 0.262. The average molecular weight is 198 g/mol.